The topological polar surface area (TPSA) is 32.8 Å². The summed E-state index contributed by atoms with van der Waals surface area (Å²) in [4.78, 5) is 17.1. The molecule has 0 saturated carbocycles. The number of ether oxygens (including phenoxy) is 1. The average Bonchev–Trinajstić information content (AvgIpc) is 3.17. The summed E-state index contributed by atoms with van der Waals surface area (Å²) in [7, 11) is 0. The van der Waals surface area contributed by atoms with Crippen molar-refractivity contribution in [2.75, 3.05) is 37.7 Å². The Labute approximate surface area is 146 Å². The average molecular weight is 342 g/mol. The highest BCUT2D eigenvalue weighted by Gasteiger charge is 2.42. The summed E-state index contributed by atoms with van der Waals surface area (Å²) < 4.78 is 6.22. The Hall–Kier alpha value is -1.85. The van der Waals surface area contributed by atoms with Crippen molar-refractivity contribution < 1.29 is 9.53 Å². The molecule has 2 aromatic rings. The zero-order valence-corrected chi connectivity index (χ0v) is 14.5. The fourth-order valence-electron chi connectivity index (χ4n) is 3.79. The molecule has 0 radical (unpaired) electrons. The van der Waals surface area contributed by atoms with E-state index in [2.05, 4.69) is 29.2 Å². The van der Waals surface area contributed by atoms with Gasteiger partial charge in [0.05, 0.1) is 18.7 Å². The van der Waals surface area contributed by atoms with Crippen molar-refractivity contribution in [2.45, 2.75) is 18.4 Å². The van der Waals surface area contributed by atoms with E-state index in [-0.39, 0.29) is 11.5 Å². The molecule has 3 heterocycles. The Balaban J connectivity index is 1.50. The van der Waals surface area contributed by atoms with Crippen LogP contribution in [0, 0.1) is 0 Å². The summed E-state index contributed by atoms with van der Waals surface area (Å²) in [5, 5.41) is 3.89. The van der Waals surface area contributed by atoms with Gasteiger partial charge in [-0.05, 0) is 36.4 Å². The van der Waals surface area contributed by atoms with Crippen LogP contribution in [0.1, 0.15) is 23.2 Å². The number of hydrogen-bond donors (Lipinski definition) is 0. The van der Waals surface area contributed by atoms with Gasteiger partial charge in [0.25, 0.3) is 5.91 Å². The van der Waals surface area contributed by atoms with Crippen molar-refractivity contribution >= 4 is 22.9 Å². The van der Waals surface area contributed by atoms with Crippen molar-refractivity contribution in [3.05, 3.63) is 52.7 Å². The lowest BCUT2D eigenvalue weighted by Gasteiger charge is -2.48. The van der Waals surface area contributed by atoms with E-state index < -0.39 is 0 Å². The number of para-hydroxylation sites is 1. The molecule has 1 amide bonds. The molecule has 1 aromatic heterocycles. The summed E-state index contributed by atoms with van der Waals surface area (Å²) in [6.07, 6.45) is 2.11. The number of morpholine rings is 1. The number of carbonyl (C=O) groups excluding carboxylic acids is 1. The van der Waals surface area contributed by atoms with Gasteiger partial charge in [-0.25, -0.2) is 0 Å². The van der Waals surface area contributed by atoms with E-state index in [1.54, 1.807) is 11.3 Å². The molecule has 4 rings (SSSR count). The Morgan fingerprint density at radius 2 is 2.00 bits per heavy atom. The monoisotopic (exact) mass is 342 g/mol. The Kier molecular flexibility index (Phi) is 4.29. The van der Waals surface area contributed by atoms with Crippen LogP contribution in [-0.2, 0) is 4.74 Å². The quantitative estimate of drug-likeness (QED) is 0.840. The molecule has 1 unspecified atom stereocenters. The number of amides is 1. The first kappa shape index (κ1) is 15.7. The summed E-state index contributed by atoms with van der Waals surface area (Å²) in [5.74, 6) is 0.135. The van der Waals surface area contributed by atoms with Crippen molar-refractivity contribution in [2.24, 2.45) is 0 Å². The fourth-order valence-corrected chi connectivity index (χ4v) is 4.42. The molecule has 1 spiro atoms. The number of thiophene rings is 1. The van der Waals surface area contributed by atoms with Crippen LogP contribution in [0.4, 0.5) is 5.69 Å². The molecule has 126 valence electrons. The SMILES string of the molecule is O=C(c1ccsc1)N1CCOC2(CCCN(c3ccccc3)C2)C1. The van der Waals surface area contributed by atoms with E-state index in [0.717, 1.165) is 31.5 Å². The van der Waals surface area contributed by atoms with Crippen molar-refractivity contribution in [3.63, 3.8) is 0 Å². The third-order valence-electron chi connectivity index (χ3n) is 4.96. The van der Waals surface area contributed by atoms with Gasteiger partial charge in [0.1, 0.15) is 5.60 Å². The first-order chi connectivity index (χ1) is 11.8. The lowest BCUT2D eigenvalue weighted by Crippen LogP contribution is -2.60. The van der Waals surface area contributed by atoms with Gasteiger partial charge in [0, 0.05) is 30.7 Å². The van der Waals surface area contributed by atoms with Crippen LogP contribution in [-0.4, -0.2) is 49.2 Å². The maximum atomic E-state index is 12.7. The van der Waals surface area contributed by atoms with Gasteiger partial charge in [-0.3, -0.25) is 4.79 Å². The largest absolute Gasteiger partial charge is 0.369 e. The van der Waals surface area contributed by atoms with Crippen LogP contribution in [0.25, 0.3) is 0 Å². The van der Waals surface area contributed by atoms with Gasteiger partial charge >= 0.3 is 0 Å². The van der Waals surface area contributed by atoms with Crippen LogP contribution >= 0.6 is 11.3 Å². The molecule has 5 heteroatoms. The zero-order valence-electron chi connectivity index (χ0n) is 13.7. The minimum Gasteiger partial charge on any atom is -0.369 e. The molecule has 2 aliphatic rings. The molecule has 1 aromatic carbocycles. The van der Waals surface area contributed by atoms with E-state index in [1.165, 1.54) is 5.69 Å². The number of piperidine rings is 1. The normalized spacial score (nSPS) is 24.3. The van der Waals surface area contributed by atoms with E-state index >= 15 is 0 Å². The maximum absolute atomic E-state index is 12.7. The minimum absolute atomic E-state index is 0.135. The van der Waals surface area contributed by atoms with Gasteiger partial charge < -0.3 is 14.5 Å². The molecule has 2 aliphatic heterocycles. The summed E-state index contributed by atoms with van der Waals surface area (Å²) >= 11 is 1.57. The highest BCUT2D eigenvalue weighted by molar-refractivity contribution is 7.08. The molecule has 0 N–H and O–H groups in total. The molecular weight excluding hydrogens is 320 g/mol. The zero-order chi connectivity index (χ0) is 16.4. The third-order valence-corrected chi connectivity index (χ3v) is 5.65. The van der Waals surface area contributed by atoms with Crippen molar-refractivity contribution in [1.82, 2.24) is 4.90 Å². The van der Waals surface area contributed by atoms with E-state index in [9.17, 15) is 4.79 Å². The van der Waals surface area contributed by atoms with Crippen LogP contribution in [0.3, 0.4) is 0 Å². The molecule has 1 atom stereocenters. The number of anilines is 1. The lowest BCUT2D eigenvalue weighted by molar-refractivity contribution is -0.105. The summed E-state index contributed by atoms with van der Waals surface area (Å²) in [6.45, 7) is 3.89. The second-order valence-electron chi connectivity index (χ2n) is 6.63. The summed E-state index contributed by atoms with van der Waals surface area (Å²) in [6, 6.07) is 12.4. The first-order valence-electron chi connectivity index (χ1n) is 8.51. The Bertz CT molecular complexity index is 685. The standard InChI is InChI=1S/C19H22N2O2S/c22-18(16-7-12-24-13-16)21-10-11-23-19(15-21)8-4-9-20(14-19)17-5-2-1-3-6-17/h1-3,5-7,12-13H,4,8-11,14-15H2. The highest BCUT2D eigenvalue weighted by Crippen LogP contribution is 2.32. The molecule has 2 fully saturated rings. The predicted molar refractivity (Wildman–Crippen MR) is 96.8 cm³/mol. The van der Waals surface area contributed by atoms with Gasteiger partial charge in [-0.1, -0.05) is 18.2 Å². The molecule has 4 nitrogen and oxygen atoms in total. The first-order valence-corrected chi connectivity index (χ1v) is 9.46. The number of carbonyl (C=O) groups is 1. The van der Waals surface area contributed by atoms with Crippen LogP contribution in [0.5, 0.6) is 0 Å². The molecular formula is C19H22N2O2S. The lowest BCUT2D eigenvalue weighted by atomic mass is 9.90. The van der Waals surface area contributed by atoms with Crippen molar-refractivity contribution in [1.29, 1.82) is 0 Å². The number of benzene rings is 1. The van der Waals surface area contributed by atoms with E-state index in [4.69, 9.17) is 4.74 Å². The van der Waals surface area contributed by atoms with Crippen LogP contribution in [0.2, 0.25) is 0 Å². The highest BCUT2D eigenvalue weighted by atomic mass is 32.1. The molecule has 0 aliphatic carbocycles. The Morgan fingerprint density at radius 1 is 1.12 bits per heavy atom. The molecule has 24 heavy (non-hydrogen) atoms. The number of nitrogens with zero attached hydrogens (tertiary/aromatic N) is 2. The van der Waals surface area contributed by atoms with E-state index in [0.29, 0.717) is 19.7 Å². The number of rotatable bonds is 2. The van der Waals surface area contributed by atoms with Gasteiger partial charge in [-0.15, -0.1) is 0 Å². The van der Waals surface area contributed by atoms with Crippen LogP contribution < -0.4 is 4.90 Å². The predicted octanol–water partition coefficient (Wildman–Crippen LogP) is 3.26. The second-order valence-corrected chi connectivity index (χ2v) is 7.41. The van der Waals surface area contributed by atoms with E-state index in [1.807, 2.05) is 27.8 Å². The third kappa shape index (κ3) is 3.06. The molecule has 2 saturated heterocycles. The smallest absolute Gasteiger partial charge is 0.254 e. The Morgan fingerprint density at radius 3 is 2.79 bits per heavy atom. The van der Waals surface area contributed by atoms with Gasteiger partial charge in [0.2, 0.25) is 0 Å². The molecule has 0 bridgehead atoms. The maximum Gasteiger partial charge on any atom is 0.254 e. The number of hydrogen-bond acceptors (Lipinski definition) is 4. The summed E-state index contributed by atoms with van der Waals surface area (Å²) in [5.41, 5.74) is 1.80. The second kappa shape index (κ2) is 6.57. The van der Waals surface area contributed by atoms with Gasteiger partial charge in [0.15, 0.2) is 0 Å². The fraction of sp³-hybridized carbons (Fsp3) is 0.421. The van der Waals surface area contributed by atoms with Crippen molar-refractivity contribution in [3.8, 4) is 0 Å². The van der Waals surface area contributed by atoms with Crippen LogP contribution in [0.15, 0.2) is 47.2 Å². The van der Waals surface area contributed by atoms with Gasteiger partial charge in [-0.2, -0.15) is 11.3 Å². The minimum atomic E-state index is -0.238.